The van der Waals surface area contributed by atoms with E-state index in [-0.39, 0.29) is 0 Å². The van der Waals surface area contributed by atoms with Crippen LogP contribution in [-0.4, -0.2) is 13.1 Å². The molecule has 0 fully saturated rings. The van der Waals surface area contributed by atoms with Crippen LogP contribution in [0.25, 0.3) is 0 Å². The van der Waals surface area contributed by atoms with Gasteiger partial charge in [-0.1, -0.05) is 30.7 Å². The van der Waals surface area contributed by atoms with E-state index in [2.05, 4.69) is 37.5 Å². The Balaban J connectivity index is 2.24. The second-order valence-corrected chi connectivity index (χ2v) is 3.72. The Bertz CT molecular complexity index is 187. The lowest BCUT2D eigenvalue weighted by Gasteiger charge is -2.15. The third kappa shape index (κ3) is 3.77. The summed E-state index contributed by atoms with van der Waals surface area (Å²) in [7, 11) is 2.06. The molecule has 1 aliphatic rings. The molecule has 0 aromatic rings. The second-order valence-electron chi connectivity index (χ2n) is 3.72. The minimum absolute atomic E-state index is 0.701. The van der Waals surface area contributed by atoms with Gasteiger partial charge < -0.3 is 5.32 Å². The predicted octanol–water partition coefficient (Wildman–Crippen LogP) is 3.04. The van der Waals surface area contributed by atoms with Crippen LogP contribution in [-0.2, 0) is 0 Å². The maximum absolute atomic E-state index is 3.35. The number of rotatable bonds is 5. The molecule has 0 radical (unpaired) electrons. The lowest BCUT2D eigenvalue weighted by molar-refractivity contribution is 0.504. The summed E-state index contributed by atoms with van der Waals surface area (Å²) in [5.74, 6) is 0. The molecular formula is C12H21N. The average molecular weight is 179 g/mol. The fourth-order valence-electron chi connectivity index (χ4n) is 1.77. The van der Waals surface area contributed by atoms with Crippen molar-refractivity contribution in [2.45, 2.75) is 45.1 Å². The smallest absolute Gasteiger partial charge is 0.00644 e. The van der Waals surface area contributed by atoms with Gasteiger partial charge in [0.15, 0.2) is 0 Å². The van der Waals surface area contributed by atoms with E-state index < -0.39 is 0 Å². The molecule has 0 amide bonds. The van der Waals surface area contributed by atoms with Crippen molar-refractivity contribution >= 4 is 0 Å². The molecule has 0 aromatic carbocycles. The van der Waals surface area contributed by atoms with Gasteiger partial charge in [-0.3, -0.25) is 0 Å². The minimum atomic E-state index is 0.701. The molecule has 74 valence electrons. The van der Waals surface area contributed by atoms with Gasteiger partial charge in [-0.05, 0) is 39.2 Å². The summed E-state index contributed by atoms with van der Waals surface area (Å²) < 4.78 is 0. The van der Waals surface area contributed by atoms with Gasteiger partial charge in [-0.25, -0.2) is 0 Å². The Hall–Kier alpha value is -0.560. The molecule has 1 nitrogen and oxygen atoms in total. The zero-order chi connectivity index (χ0) is 9.52. The molecule has 1 aliphatic carbocycles. The summed E-state index contributed by atoms with van der Waals surface area (Å²) in [5.41, 5.74) is 1.62. The highest BCUT2D eigenvalue weighted by molar-refractivity contribution is 5.17. The molecule has 1 N–H and O–H groups in total. The van der Waals surface area contributed by atoms with E-state index >= 15 is 0 Å². The monoisotopic (exact) mass is 179 g/mol. The fourth-order valence-corrected chi connectivity index (χ4v) is 1.77. The first kappa shape index (κ1) is 10.5. The molecule has 0 saturated heterocycles. The van der Waals surface area contributed by atoms with Crippen LogP contribution < -0.4 is 5.32 Å². The van der Waals surface area contributed by atoms with E-state index in [0.29, 0.717) is 6.04 Å². The number of nitrogens with one attached hydrogen (secondary N) is 1. The normalized spacial score (nSPS) is 18.5. The standard InChI is InChI=1S/C12H21N/c1-3-12(13-2)10-9-11-7-5-4-6-8-11/h4-5,7,12-13H,3,6,8-10H2,1-2H3. The summed E-state index contributed by atoms with van der Waals surface area (Å²) in [4.78, 5) is 0. The van der Waals surface area contributed by atoms with Gasteiger partial charge in [-0.15, -0.1) is 0 Å². The number of hydrogen-bond donors (Lipinski definition) is 1. The summed E-state index contributed by atoms with van der Waals surface area (Å²) in [5, 5.41) is 3.35. The van der Waals surface area contributed by atoms with Gasteiger partial charge >= 0.3 is 0 Å². The third-order valence-electron chi connectivity index (χ3n) is 2.82. The van der Waals surface area contributed by atoms with Crippen molar-refractivity contribution < 1.29 is 0 Å². The molecule has 0 spiro atoms. The van der Waals surface area contributed by atoms with Gasteiger partial charge in [0.05, 0.1) is 0 Å². The highest BCUT2D eigenvalue weighted by atomic mass is 14.9. The Morgan fingerprint density at radius 3 is 2.92 bits per heavy atom. The first-order valence-corrected chi connectivity index (χ1v) is 5.38. The molecule has 13 heavy (non-hydrogen) atoms. The van der Waals surface area contributed by atoms with Crippen molar-refractivity contribution in [2.24, 2.45) is 0 Å². The SMILES string of the molecule is CCC(CCC1=CC=CCC1)NC. The Morgan fingerprint density at radius 1 is 1.54 bits per heavy atom. The summed E-state index contributed by atoms with van der Waals surface area (Å²) in [6, 6.07) is 0.701. The van der Waals surface area contributed by atoms with Gasteiger partial charge in [0.25, 0.3) is 0 Å². The molecule has 0 aliphatic heterocycles. The van der Waals surface area contributed by atoms with Crippen LogP contribution in [0.3, 0.4) is 0 Å². The predicted molar refractivity (Wildman–Crippen MR) is 58.8 cm³/mol. The van der Waals surface area contributed by atoms with Crippen molar-refractivity contribution in [2.75, 3.05) is 7.05 Å². The van der Waals surface area contributed by atoms with E-state index in [1.165, 1.54) is 32.1 Å². The van der Waals surface area contributed by atoms with Crippen LogP contribution in [0.15, 0.2) is 23.8 Å². The fraction of sp³-hybridized carbons (Fsp3) is 0.667. The lowest BCUT2D eigenvalue weighted by Crippen LogP contribution is -2.23. The summed E-state index contributed by atoms with van der Waals surface area (Å²) >= 11 is 0. The van der Waals surface area contributed by atoms with E-state index in [1.807, 2.05) is 0 Å². The van der Waals surface area contributed by atoms with Crippen LogP contribution in [0, 0.1) is 0 Å². The Kier molecular flexibility index (Phi) is 4.84. The van der Waals surface area contributed by atoms with E-state index in [0.717, 1.165) is 0 Å². The van der Waals surface area contributed by atoms with Crippen molar-refractivity contribution in [1.82, 2.24) is 5.32 Å². The van der Waals surface area contributed by atoms with Crippen molar-refractivity contribution in [3.8, 4) is 0 Å². The molecule has 0 aromatic heterocycles. The highest BCUT2D eigenvalue weighted by Gasteiger charge is 2.05. The zero-order valence-corrected chi connectivity index (χ0v) is 8.84. The average Bonchev–Trinajstić information content (AvgIpc) is 2.21. The van der Waals surface area contributed by atoms with Crippen LogP contribution in [0.1, 0.15) is 39.0 Å². The molecule has 0 bridgehead atoms. The maximum atomic E-state index is 3.35. The third-order valence-corrected chi connectivity index (χ3v) is 2.82. The highest BCUT2D eigenvalue weighted by Crippen LogP contribution is 2.18. The van der Waals surface area contributed by atoms with E-state index in [1.54, 1.807) is 5.57 Å². The molecule has 0 heterocycles. The van der Waals surface area contributed by atoms with Crippen molar-refractivity contribution in [3.05, 3.63) is 23.8 Å². The van der Waals surface area contributed by atoms with Gasteiger partial charge in [0, 0.05) is 6.04 Å². The zero-order valence-electron chi connectivity index (χ0n) is 8.84. The molecule has 0 saturated carbocycles. The Morgan fingerprint density at radius 2 is 2.38 bits per heavy atom. The Labute approximate surface area is 81.9 Å². The maximum Gasteiger partial charge on any atom is 0.00644 e. The van der Waals surface area contributed by atoms with Crippen molar-refractivity contribution in [1.29, 1.82) is 0 Å². The molecule has 1 atom stereocenters. The number of allylic oxidation sites excluding steroid dienone is 4. The van der Waals surface area contributed by atoms with Crippen LogP contribution >= 0.6 is 0 Å². The van der Waals surface area contributed by atoms with Gasteiger partial charge in [-0.2, -0.15) is 0 Å². The molecular weight excluding hydrogens is 158 g/mol. The first-order valence-electron chi connectivity index (χ1n) is 5.38. The summed E-state index contributed by atoms with van der Waals surface area (Å²) in [6.07, 6.45) is 13.0. The van der Waals surface area contributed by atoms with Crippen molar-refractivity contribution in [3.63, 3.8) is 0 Å². The lowest BCUT2D eigenvalue weighted by atomic mass is 9.97. The van der Waals surface area contributed by atoms with Gasteiger partial charge in [0.2, 0.25) is 0 Å². The topological polar surface area (TPSA) is 12.0 Å². The summed E-state index contributed by atoms with van der Waals surface area (Å²) in [6.45, 7) is 2.25. The molecule has 1 rings (SSSR count). The second kappa shape index (κ2) is 5.98. The first-order chi connectivity index (χ1) is 6.36. The molecule has 1 heteroatoms. The van der Waals surface area contributed by atoms with Crippen LogP contribution in [0.5, 0.6) is 0 Å². The van der Waals surface area contributed by atoms with Crippen LogP contribution in [0.4, 0.5) is 0 Å². The van der Waals surface area contributed by atoms with E-state index in [4.69, 9.17) is 0 Å². The van der Waals surface area contributed by atoms with Gasteiger partial charge in [0.1, 0.15) is 0 Å². The molecule has 1 unspecified atom stereocenters. The quantitative estimate of drug-likeness (QED) is 0.684. The largest absolute Gasteiger partial charge is 0.317 e. The number of hydrogen-bond acceptors (Lipinski definition) is 1. The van der Waals surface area contributed by atoms with Crippen LogP contribution in [0.2, 0.25) is 0 Å². The van der Waals surface area contributed by atoms with E-state index in [9.17, 15) is 0 Å². The minimum Gasteiger partial charge on any atom is -0.317 e.